The second-order valence-corrected chi connectivity index (χ2v) is 5.77. The van der Waals surface area contributed by atoms with Gasteiger partial charge in [-0.3, -0.25) is 9.59 Å². The van der Waals surface area contributed by atoms with Crippen LogP contribution in [-0.4, -0.2) is 11.8 Å². The van der Waals surface area contributed by atoms with E-state index >= 15 is 0 Å². The zero-order chi connectivity index (χ0) is 15.7. The predicted molar refractivity (Wildman–Crippen MR) is 87.5 cm³/mol. The van der Waals surface area contributed by atoms with Crippen LogP contribution in [0.15, 0.2) is 42.5 Å². The van der Waals surface area contributed by atoms with E-state index in [0.29, 0.717) is 16.4 Å². The molecule has 1 heterocycles. The standard InChI is InChI=1S/C16H12Cl2N2O2/c17-11-5-3-7-13(15(11)18)20-16(22)10-8-14(21)19-12-6-2-1-4-9(10)12/h1-7,10H,8H2,(H,19,21)(H,20,22). The maximum Gasteiger partial charge on any atom is 0.232 e. The molecule has 112 valence electrons. The number of hydrogen-bond acceptors (Lipinski definition) is 2. The number of carbonyl (C=O) groups excluding carboxylic acids is 2. The summed E-state index contributed by atoms with van der Waals surface area (Å²) in [7, 11) is 0. The van der Waals surface area contributed by atoms with Crippen LogP contribution >= 0.6 is 23.2 Å². The molecule has 2 aromatic rings. The first-order chi connectivity index (χ1) is 10.6. The molecule has 0 fully saturated rings. The van der Waals surface area contributed by atoms with Crippen molar-refractivity contribution in [2.24, 2.45) is 0 Å². The zero-order valence-electron chi connectivity index (χ0n) is 11.4. The number of amides is 2. The van der Waals surface area contributed by atoms with Crippen LogP contribution in [0.25, 0.3) is 0 Å². The van der Waals surface area contributed by atoms with Crippen LogP contribution in [0, 0.1) is 0 Å². The molecular weight excluding hydrogens is 323 g/mol. The Bertz CT molecular complexity index is 762. The minimum Gasteiger partial charge on any atom is -0.326 e. The van der Waals surface area contributed by atoms with Gasteiger partial charge < -0.3 is 10.6 Å². The molecule has 1 aliphatic rings. The Morgan fingerprint density at radius 3 is 2.73 bits per heavy atom. The van der Waals surface area contributed by atoms with Crippen molar-refractivity contribution in [3.05, 3.63) is 58.1 Å². The second-order valence-electron chi connectivity index (χ2n) is 4.98. The topological polar surface area (TPSA) is 58.2 Å². The Morgan fingerprint density at radius 1 is 1.14 bits per heavy atom. The monoisotopic (exact) mass is 334 g/mol. The van der Waals surface area contributed by atoms with E-state index in [2.05, 4.69) is 10.6 Å². The van der Waals surface area contributed by atoms with Gasteiger partial charge >= 0.3 is 0 Å². The van der Waals surface area contributed by atoms with Gasteiger partial charge in [-0.15, -0.1) is 0 Å². The van der Waals surface area contributed by atoms with E-state index in [9.17, 15) is 9.59 Å². The van der Waals surface area contributed by atoms with E-state index in [1.54, 1.807) is 24.3 Å². The van der Waals surface area contributed by atoms with Gasteiger partial charge in [-0.25, -0.2) is 0 Å². The molecule has 2 amide bonds. The molecule has 1 aliphatic heterocycles. The van der Waals surface area contributed by atoms with Crippen LogP contribution < -0.4 is 10.6 Å². The van der Waals surface area contributed by atoms with Crippen molar-refractivity contribution in [2.75, 3.05) is 10.6 Å². The lowest BCUT2D eigenvalue weighted by Gasteiger charge is -2.25. The third-order valence-electron chi connectivity index (χ3n) is 3.53. The lowest BCUT2D eigenvalue weighted by molar-refractivity contribution is -0.123. The van der Waals surface area contributed by atoms with E-state index in [4.69, 9.17) is 23.2 Å². The predicted octanol–water partition coefficient (Wildman–Crippen LogP) is 4.06. The summed E-state index contributed by atoms with van der Waals surface area (Å²) in [4.78, 5) is 24.3. The summed E-state index contributed by atoms with van der Waals surface area (Å²) in [5.74, 6) is -1.03. The van der Waals surface area contributed by atoms with Gasteiger partial charge in [-0.2, -0.15) is 0 Å². The number of benzene rings is 2. The lowest BCUT2D eigenvalue weighted by Crippen LogP contribution is -2.30. The quantitative estimate of drug-likeness (QED) is 0.870. The van der Waals surface area contributed by atoms with Crippen LogP contribution in [-0.2, 0) is 9.59 Å². The number of rotatable bonds is 2. The Balaban J connectivity index is 1.89. The first-order valence-electron chi connectivity index (χ1n) is 6.70. The van der Waals surface area contributed by atoms with E-state index in [-0.39, 0.29) is 23.3 Å². The van der Waals surface area contributed by atoms with Crippen molar-refractivity contribution >= 4 is 46.4 Å². The van der Waals surface area contributed by atoms with Gasteiger partial charge in [0, 0.05) is 12.1 Å². The molecule has 0 saturated heterocycles. The smallest absolute Gasteiger partial charge is 0.232 e. The number of halogens is 2. The Labute approximate surface area is 137 Å². The van der Waals surface area contributed by atoms with Gasteiger partial charge in [0.15, 0.2) is 0 Å². The third kappa shape index (κ3) is 2.80. The zero-order valence-corrected chi connectivity index (χ0v) is 12.9. The highest BCUT2D eigenvalue weighted by Crippen LogP contribution is 2.34. The summed E-state index contributed by atoms with van der Waals surface area (Å²) < 4.78 is 0. The van der Waals surface area contributed by atoms with Crippen molar-refractivity contribution in [3.8, 4) is 0 Å². The molecule has 0 radical (unpaired) electrons. The van der Waals surface area contributed by atoms with Crippen molar-refractivity contribution in [1.29, 1.82) is 0 Å². The molecule has 6 heteroatoms. The van der Waals surface area contributed by atoms with Crippen LogP contribution in [0.2, 0.25) is 10.0 Å². The van der Waals surface area contributed by atoms with Crippen molar-refractivity contribution in [3.63, 3.8) is 0 Å². The summed E-state index contributed by atoms with van der Waals surface area (Å²) in [6, 6.07) is 12.3. The van der Waals surface area contributed by atoms with Gasteiger partial charge in [-0.1, -0.05) is 47.5 Å². The van der Waals surface area contributed by atoms with E-state index in [1.165, 1.54) is 0 Å². The minimum absolute atomic E-state index is 0.0982. The Morgan fingerprint density at radius 2 is 1.91 bits per heavy atom. The van der Waals surface area contributed by atoms with Crippen molar-refractivity contribution < 1.29 is 9.59 Å². The summed E-state index contributed by atoms with van der Waals surface area (Å²) >= 11 is 12.0. The molecule has 0 spiro atoms. The molecule has 22 heavy (non-hydrogen) atoms. The molecule has 3 rings (SSSR count). The minimum atomic E-state index is -0.556. The first-order valence-corrected chi connectivity index (χ1v) is 7.45. The van der Waals surface area contributed by atoms with Gasteiger partial charge in [0.05, 0.1) is 21.7 Å². The average molecular weight is 335 g/mol. The highest BCUT2D eigenvalue weighted by molar-refractivity contribution is 6.44. The second kappa shape index (κ2) is 5.99. The summed E-state index contributed by atoms with van der Waals surface area (Å²) in [5.41, 5.74) is 1.89. The molecule has 1 unspecified atom stereocenters. The van der Waals surface area contributed by atoms with Crippen LogP contribution in [0.3, 0.4) is 0 Å². The lowest BCUT2D eigenvalue weighted by atomic mass is 9.90. The number of hydrogen-bond donors (Lipinski definition) is 2. The Hall–Kier alpha value is -2.04. The molecule has 1 atom stereocenters. The fourth-order valence-corrected chi connectivity index (χ4v) is 2.81. The van der Waals surface area contributed by atoms with Crippen molar-refractivity contribution in [1.82, 2.24) is 0 Å². The maximum atomic E-state index is 12.5. The highest BCUT2D eigenvalue weighted by Gasteiger charge is 2.30. The first kappa shape index (κ1) is 14.9. The molecule has 0 bridgehead atoms. The number of nitrogens with one attached hydrogen (secondary N) is 2. The fourth-order valence-electron chi connectivity index (χ4n) is 2.47. The summed E-state index contributed by atoms with van der Waals surface area (Å²) in [5, 5.41) is 6.16. The van der Waals surface area contributed by atoms with E-state index < -0.39 is 5.92 Å². The molecule has 2 N–H and O–H groups in total. The van der Waals surface area contributed by atoms with E-state index in [0.717, 1.165) is 5.56 Å². The van der Waals surface area contributed by atoms with Gasteiger partial charge in [0.2, 0.25) is 11.8 Å². The third-order valence-corrected chi connectivity index (χ3v) is 4.34. The Kier molecular flexibility index (Phi) is 4.05. The summed E-state index contributed by atoms with van der Waals surface area (Å²) in [6.45, 7) is 0. The molecule has 0 aliphatic carbocycles. The van der Waals surface area contributed by atoms with Gasteiger partial charge in [0.1, 0.15) is 0 Å². The fraction of sp³-hybridized carbons (Fsp3) is 0.125. The van der Waals surface area contributed by atoms with Gasteiger partial charge in [0.25, 0.3) is 0 Å². The normalized spacial score (nSPS) is 16.6. The largest absolute Gasteiger partial charge is 0.326 e. The molecule has 0 saturated carbocycles. The van der Waals surface area contributed by atoms with Crippen molar-refractivity contribution in [2.45, 2.75) is 12.3 Å². The highest BCUT2D eigenvalue weighted by atomic mass is 35.5. The van der Waals surface area contributed by atoms with Crippen LogP contribution in [0.1, 0.15) is 17.9 Å². The average Bonchev–Trinajstić information content (AvgIpc) is 2.51. The number of fused-ring (bicyclic) bond motifs is 1. The number of anilines is 2. The molecule has 2 aromatic carbocycles. The molecule has 4 nitrogen and oxygen atoms in total. The molecular formula is C16H12Cl2N2O2. The SMILES string of the molecule is O=C1CC(C(=O)Nc2cccc(Cl)c2Cl)c2ccccc2N1. The van der Waals surface area contributed by atoms with Gasteiger partial charge in [-0.05, 0) is 23.8 Å². The number of para-hydroxylation sites is 1. The summed E-state index contributed by atoms with van der Waals surface area (Å²) in [6.07, 6.45) is 0.0982. The van der Waals surface area contributed by atoms with Crippen LogP contribution in [0.4, 0.5) is 11.4 Å². The maximum absolute atomic E-state index is 12.5. The van der Waals surface area contributed by atoms with Crippen LogP contribution in [0.5, 0.6) is 0 Å². The van der Waals surface area contributed by atoms with E-state index in [1.807, 2.05) is 18.2 Å². The number of carbonyl (C=O) groups is 2. The molecule has 0 aromatic heterocycles.